The first-order valence-electron chi connectivity index (χ1n) is 5.01. The molecule has 88 valence electrons. The summed E-state index contributed by atoms with van der Waals surface area (Å²) in [6.07, 6.45) is 0.540. The lowest BCUT2D eigenvalue weighted by Gasteiger charge is -2.00. The van der Waals surface area contributed by atoms with E-state index in [1.807, 2.05) is 0 Å². The van der Waals surface area contributed by atoms with Crippen molar-refractivity contribution in [3.05, 3.63) is 47.1 Å². The van der Waals surface area contributed by atoms with Gasteiger partial charge in [-0.2, -0.15) is 4.98 Å². The van der Waals surface area contributed by atoms with Gasteiger partial charge in [0.05, 0.1) is 0 Å². The van der Waals surface area contributed by atoms with Crippen LogP contribution in [0.25, 0.3) is 0 Å². The van der Waals surface area contributed by atoms with Gasteiger partial charge in [0.1, 0.15) is 0 Å². The fraction of sp³-hybridized carbons (Fsp3) is 0.182. The number of benzene rings is 1. The Balaban J connectivity index is 2.10. The van der Waals surface area contributed by atoms with Crippen LogP contribution in [-0.4, -0.2) is 21.3 Å². The number of carbonyl (C=O) groups excluding carboxylic acids is 1. The molecule has 0 bridgehead atoms. The van der Waals surface area contributed by atoms with Gasteiger partial charge in [-0.1, -0.05) is 17.3 Å². The number of amides is 1. The van der Waals surface area contributed by atoms with Crippen LogP contribution in [0.2, 0.25) is 0 Å². The maximum atomic E-state index is 11.1. The Morgan fingerprint density at radius 1 is 1.41 bits per heavy atom. The van der Waals surface area contributed by atoms with Crippen molar-refractivity contribution in [2.45, 2.75) is 13.3 Å². The molecule has 0 aliphatic rings. The summed E-state index contributed by atoms with van der Waals surface area (Å²) in [7, 11) is 0. The highest BCUT2D eigenvalue weighted by molar-refractivity contribution is 5.93. The van der Waals surface area contributed by atoms with Gasteiger partial charge < -0.3 is 4.52 Å². The molecule has 0 saturated heterocycles. The molecule has 0 spiro atoms. The first-order chi connectivity index (χ1) is 8.19. The largest absolute Gasteiger partial charge is 0.340 e. The van der Waals surface area contributed by atoms with E-state index in [-0.39, 0.29) is 0 Å². The van der Waals surface area contributed by atoms with E-state index < -0.39 is 5.91 Å². The standard InChI is InChI=1S/C11H11N3O3/c1-7-12-10(14-17-7)6-8-2-4-9(5-3-8)11(15)13-16/h2-5,16H,6H2,1H3,(H,13,15). The molecule has 1 heterocycles. The van der Waals surface area contributed by atoms with Crippen molar-refractivity contribution < 1.29 is 14.5 Å². The molecular formula is C11H11N3O3. The topological polar surface area (TPSA) is 88.2 Å². The molecule has 2 rings (SSSR count). The third kappa shape index (κ3) is 2.67. The number of nitrogens with zero attached hydrogens (tertiary/aromatic N) is 2. The SMILES string of the molecule is Cc1nc(Cc2ccc(C(=O)NO)cc2)no1. The first-order valence-corrected chi connectivity index (χ1v) is 5.01. The van der Waals surface area contributed by atoms with Crippen LogP contribution in [0.4, 0.5) is 0 Å². The average molecular weight is 233 g/mol. The Kier molecular flexibility index (Phi) is 3.15. The Bertz CT molecular complexity index is 519. The van der Waals surface area contributed by atoms with E-state index in [1.165, 1.54) is 0 Å². The summed E-state index contributed by atoms with van der Waals surface area (Å²) < 4.78 is 4.86. The van der Waals surface area contributed by atoms with Crippen LogP contribution in [0.5, 0.6) is 0 Å². The minimum Gasteiger partial charge on any atom is -0.340 e. The van der Waals surface area contributed by atoms with E-state index in [9.17, 15) is 4.79 Å². The number of nitrogens with one attached hydrogen (secondary N) is 1. The lowest BCUT2D eigenvalue weighted by molar-refractivity contribution is 0.0706. The van der Waals surface area contributed by atoms with E-state index >= 15 is 0 Å². The summed E-state index contributed by atoms with van der Waals surface area (Å²) >= 11 is 0. The van der Waals surface area contributed by atoms with Crippen LogP contribution in [0.15, 0.2) is 28.8 Å². The summed E-state index contributed by atoms with van der Waals surface area (Å²) in [5.74, 6) is 0.588. The normalized spacial score (nSPS) is 10.2. The molecule has 6 heteroatoms. The van der Waals surface area contributed by atoms with Crippen LogP contribution in [0.1, 0.15) is 27.6 Å². The van der Waals surface area contributed by atoms with Gasteiger partial charge in [0.2, 0.25) is 5.89 Å². The molecule has 0 unspecified atom stereocenters. The predicted molar refractivity (Wildman–Crippen MR) is 57.5 cm³/mol. The minimum atomic E-state index is -0.535. The Morgan fingerprint density at radius 2 is 2.12 bits per heavy atom. The van der Waals surface area contributed by atoms with Crippen molar-refractivity contribution in [2.75, 3.05) is 0 Å². The lowest BCUT2D eigenvalue weighted by atomic mass is 10.1. The van der Waals surface area contributed by atoms with Gasteiger partial charge in [-0.25, -0.2) is 5.48 Å². The molecule has 1 amide bonds. The van der Waals surface area contributed by atoms with Crippen LogP contribution in [-0.2, 0) is 6.42 Å². The fourth-order valence-corrected chi connectivity index (χ4v) is 1.43. The van der Waals surface area contributed by atoms with Crippen LogP contribution in [0, 0.1) is 6.92 Å². The average Bonchev–Trinajstić information content (AvgIpc) is 2.75. The highest BCUT2D eigenvalue weighted by Crippen LogP contribution is 2.08. The van der Waals surface area contributed by atoms with Crippen molar-refractivity contribution in [1.29, 1.82) is 0 Å². The minimum absolute atomic E-state index is 0.389. The quantitative estimate of drug-likeness (QED) is 0.612. The fourth-order valence-electron chi connectivity index (χ4n) is 1.43. The highest BCUT2D eigenvalue weighted by Gasteiger charge is 2.06. The van der Waals surface area contributed by atoms with Gasteiger partial charge in [0.15, 0.2) is 5.82 Å². The maximum absolute atomic E-state index is 11.1. The number of aryl methyl sites for hydroxylation is 1. The second-order valence-electron chi connectivity index (χ2n) is 3.54. The molecule has 1 aromatic carbocycles. The molecule has 2 N–H and O–H groups in total. The third-order valence-corrected chi connectivity index (χ3v) is 2.25. The summed E-state index contributed by atoms with van der Waals surface area (Å²) in [6.45, 7) is 1.73. The van der Waals surface area contributed by atoms with Crippen LogP contribution < -0.4 is 5.48 Å². The molecule has 0 atom stereocenters. The van der Waals surface area contributed by atoms with Crippen LogP contribution in [0.3, 0.4) is 0 Å². The van der Waals surface area contributed by atoms with Gasteiger partial charge in [-0.15, -0.1) is 0 Å². The molecular weight excluding hydrogens is 222 g/mol. The summed E-state index contributed by atoms with van der Waals surface area (Å²) in [4.78, 5) is 15.2. The van der Waals surface area contributed by atoms with Gasteiger partial charge in [-0.05, 0) is 17.7 Å². The number of hydrogen-bond acceptors (Lipinski definition) is 5. The van der Waals surface area contributed by atoms with Gasteiger partial charge in [0.25, 0.3) is 5.91 Å². The summed E-state index contributed by atoms with van der Waals surface area (Å²) in [5, 5.41) is 12.2. The predicted octanol–water partition coefficient (Wildman–Crippen LogP) is 1.09. The van der Waals surface area contributed by atoms with Crippen molar-refractivity contribution in [3.63, 3.8) is 0 Å². The first kappa shape index (κ1) is 11.3. The third-order valence-electron chi connectivity index (χ3n) is 2.25. The monoisotopic (exact) mass is 233 g/mol. The zero-order valence-electron chi connectivity index (χ0n) is 9.17. The van der Waals surface area contributed by atoms with Gasteiger partial charge in [-0.3, -0.25) is 10.0 Å². The van der Waals surface area contributed by atoms with Crippen molar-refractivity contribution in [1.82, 2.24) is 15.6 Å². The molecule has 0 aliphatic carbocycles. The van der Waals surface area contributed by atoms with E-state index in [0.717, 1.165) is 5.56 Å². The molecule has 1 aromatic heterocycles. The summed E-state index contributed by atoms with van der Waals surface area (Å²) in [6, 6.07) is 6.79. The Hall–Kier alpha value is -2.21. The molecule has 0 fully saturated rings. The van der Waals surface area contributed by atoms with Gasteiger partial charge >= 0.3 is 0 Å². The van der Waals surface area contributed by atoms with E-state index in [1.54, 1.807) is 36.7 Å². The Morgan fingerprint density at radius 3 is 2.65 bits per heavy atom. The number of aromatic nitrogens is 2. The van der Waals surface area contributed by atoms with Gasteiger partial charge in [0, 0.05) is 18.9 Å². The number of carbonyl (C=O) groups is 1. The molecule has 6 nitrogen and oxygen atoms in total. The second kappa shape index (κ2) is 4.75. The maximum Gasteiger partial charge on any atom is 0.274 e. The van der Waals surface area contributed by atoms with Crippen molar-refractivity contribution in [3.8, 4) is 0 Å². The molecule has 0 saturated carbocycles. The van der Waals surface area contributed by atoms with E-state index in [0.29, 0.717) is 23.7 Å². The summed E-state index contributed by atoms with van der Waals surface area (Å²) in [5.41, 5.74) is 2.92. The molecule has 17 heavy (non-hydrogen) atoms. The molecule has 0 radical (unpaired) electrons. The zero-order chi connectivity index (χ0) is 12.3. The molecule has 2 aromatic rings. The Labute approximate surface area is 97.2 Å². The second-order valence-corrected chi connectivity index (χ2v) is 3.54. The van der Waals surface area contributed by atoms with Crippen molar-refractivity contribution in [2.24, 2.45) is 0 Å². The number of hydrogen-bond donors (Lipinski definition) is 2. The molecule has 0 aliphatic heterocycles. The van der Waals surface area contributed by atoms with Crippen molar-refractivity contribution >= 4 is 5.91 Å². The number of rotatable bonds is 3. The highest BCUT2D eigenvalue weighted by atomic mass is 16.5. The van der Waals surface area contributed by atoms with E-state index in [2.05, 4.69) is 10.1 Å². The zero-order valence-corrected chi connectivity index (χ0v) is 9.17. The smallest absolute Gasteiger partial charge is 0.274 e. The number of hydroxylamine groups is 1. The van der Waals surface area contributed by atoms with E-state index in [4.69, 9.17) is 9.73 Å². The lowest BCUT2D eigenvalue weighted by Crippen LogP contribution is -2.18. The van der Waals surface area contributed by atoms with Crippen LogP contribution >= 0.6 is 0 Å².